The molecule has 0 aromatic carbocycles. The van der Waals surface area contributed by atoms with Crippen molar-refractivity contribution < 1.29 is 14.7 Å². The molecule has 0 saturated heterocycles. The molecule has 0 rings (SSSR count). The van der Waals surface area contributed by atoms with Gasteiger partial charge in [0.05, 0.1) is 6.54 Å². The van der Waals surface area contributed by atoms with Crippen LogP contribution in [-0.2, 0) is 9.59 Å². The van der Waals surface area contributed by atoms with Crippen LogP contribution in [0.1, 0.15) is 6.92 Å². The molecule has 0 aliphatic carbocycles. The maximum Gasteiger partial charge on any atom is 0.207 e. The van der Waals surface area contributed by atoms with Gasteiger partial charge in [-0.2, -0.15) is 0 Å². The van der Waals surface area contributed by atoms with Crippen LogP contribution in [0.2, 0.25) is 0 Å². The fraction of sp³-hybridized carbons (Fsp3) is 0.600. The van der Waals surface area contributed by atoms with Gasteiger partial charge in [0.2, 0.25) is 6.41 Å². The van der Waals surface area contributed by atoms with Gasteiger partial charge in [0.1, 0.15) is 6.10 Å². The third kappa shape index (κ3) is 3.66. The van der Waals surface area contributed by atoms with Crippen LogP contribution in [0.4, 0.5) is 0 Å². The summed E-state index contributed by atoms with van der Waals surface area (Å²) in [7, 11) is 0. The van der Waals surface area contributed by atoms with Crippen LogP contribution in [0.15, 0.2) is 0 Å². The molecule has 0 bridgehead atoms. The highest BCUT2D eigenvalue weighted by Crippen LogP contribution is 1.79. The van der Waals surface area contributed by atoms with E-state index in [1.807, 2.05) is 0 Å². The Kier molecular flexibility index (Phi) is 3.62. The molecule has 0 radical (unpaired) electrons. The Bertz CT molecular complexity index is 113. The first-order valence-corrected chi connectivity index (χ1v) is 2.54. The third-order valence-corrected chi connectivity index (χ3v) is 0.864. The summed E-state index contributed by atoms with van der Waals surface area (Å²) in [5.74, 6) is -0.343. The van der Waals surface area contributed by atoms with Gasteiger partial charge >= 0.3 is 0 Å². The lowest BCUT2D eigenvalue weighted by atomic mass is 10.2. The molecule has 0 aliphatic heterocycles. The third-order valence-electron chi connectivity index (χ3n) is 0.864. The summed E-state index contributed by atoms with van der Waals surface area (Å²) in [4.78, 5) is 19.8. The number of hydrogen-bond donors (Lipinski definition) is 2. The molecule has 0 aromatic heterocycles. The summed E-state index contributed by atoms with van der Waals surface area (Å²) in [6.07, 6.45) is -0.623. The maximum atomic E-state index is 10.2. The van der Waals surface area contributed by atoms with Crippen molar-refractivity contribution in [2.75, 3.05) is 6.54 Å². The van der Waals surface area contributed by atoms with Crippen molar-refractivity contribution in [2.45, 2.75) is 13.0 Å². The first-order chi connectivity index (χ1) is 4.18. The standard InChI is InChI=1S/C5H9NO3/c1-4(8)5(9)2-6-3-7/h3,5,9H,2H2,1H3,(H,6,7). The van der Waals surface area contributed by atoms with E-state index in [4.69, 9.17) is 5.11 Å². The molecular formula is C5H9NO3. The summed E-state index contributed by atoms with van der Waals surface area (Å²) >= 11 is 0. The number of Topliss-reactive ketones (excluding diaryl/α,β-unsaturated/α-hetero) is 1. The van der Waals surface area contributed by atoms with Crippen LogP contribution in [0.25, 0.3) is 0 Å². The van der Waals surface area contributed by atoms with Gasteiger partial charge in [-0.15, -0.1) is 0 Å². The molecule has 4 heteroatoms. The monoisotopic (exact) mass is 131 g/mol. The number of aliphatic hydroxyl groups excluding tert-OH is 1. The molecule has 0 aliphatic rings. The van der Waals surface area contributed by atoms with Crippen molar-refractivity contribution in [3.8, 4) is 0 Å². The average molecular weight is 131 g/mol. The fourth-order valence-electron chi connectivity index (χ4n) is 0.303. The minimum atomic E-state index is -1.06. The number of aliphatic hydroxyl groups is 1. The largest absolute Gasteiger partial charge is 0.383 e. The van der Waals surface area contributed by atoms with Gasteiger partial charge in [0, 0.05) is 0 Å². The molecule has 0 saturated carbocycles. The summed E-state index contributed by atoms with van der Waals surface area (Å²) in [5.41, 5.74) is 0. The molecular weight excluding hydrogens is 122 g/mol. The Morgan fingerprint density at radius 3 is 2.78 bits per heavy atom. The summed E-state index contributed by atoms with van der Waals surface area (Å²) in [6.45, 7) is 1.26. The minimum Gasteiger partial charge on any atom is -0.383 e. The molecule has 0 fully saturated rings. The van der Waals surface area contributed by atoms with Crippen molar-refractivity contribution in [1.82, 2.24) is 5.32 Å². The molecule has 0 heterocycles. The highest BCUT2D eigenvalue weighted by atomic mass is 16.3. The van der Waals surface area contributed by atoms with Gasteiger partial charge in [0.15, 0.2) is 5.78 Å². The first-order valence-electron chi connectivity index (χ1n) is 2.54. The number of ketones is 1. The predicted octanol–water partition coefficient (Wildman–Crippen LogP) is -1.32. The second-order valence-electron chi connectivity index (χ2n) is 1.65. The minimum absolute atomic E-state index is 0.00116. The molecule has 0 spiro atoms. The molecule has 1 unspecified atom stereocenters. The van der Waals surface area contributed by atoms with Crippen LogP contribution in [0, 0.1) is 0 Å². The van der Waals surface area contributed by atoms with Gasteiger partial charge in [-0.1, -0.05) is 0 Å². The Balaban J connectivity index is 3.37. The zero-order valence-corrected chi connectivity index (χ0v) is 5.13. The lowest BCUT2D eigenvalue weighted by Gasteiger charge is -2.02. The Hall–Kier alpha value is -0.900. The van der Waals surface area contributed by atoms with Crippen LogP contribution in [0.3, 0.4) is 0 Å². The van der Waals surface area contributed by atoms with Crippen LogP contribution in [0.5, 0.6) is 0 Å². The van der Waals surface area contributed by atoms with Crippen molar-refractivity contribution >= 4 is 12.2 Å². The molecule has 1 atom stereocenters. The predicted molar refractivity (Wildman–Crippen MR) is 30.8 cm³/mol. The zero-order valence-electron chi connectivity index (χ0n) is 5.13. The Morgan fingerprint density at radius 1 is 1.89 bits per heavy atom. The number of carbonyl (C=O) groups excluding carboxylic acids is 2. The first kappa shape index (κ1) is 8.10. The second-order valence-corrected chi connectivity index (χ2v) is 1.65. The normalized spacial score (nSPS) is 12.2. The lowest BCUT2D eigenvalue weighted by molar-refractivity contribution is -0.124. The van der Waals surface area contributed by atoms with Gasteiger partial charge in [-0.3, -0.25) is 9.59 Å². The Labute approximate surface area is 52.9 Å². The van der Waals surface area contributed by atoms with Crippen molar-refractivity contribution in [3.05, 3.63) is 0 Å². The van der Waals surface area contributed by atoms with E-state index >= 15 is 0 Å². The van der Waals surface area contributed by atoms with Crippen LogP contribution < -0.4 is 5.32 Å². The van der Waals surface area contributed by atoms with Crippen LogP contribution >= 0.6 is 0 Å². The van der Waals surface area contributed by atoms with E-state index in [2.05, 4.69) is 5.32 Å². The molecule has 0 aromatic rings. The zero-order chi connectivity index (χ0) is 7.28. The van der Waals surface area contributed by atoms with E-state index in [1.54, 1.807) is 0 Å². The lowest BCUT2D eigenvalue weighted by Crippen LogP contribution is -2.30. The number of carbonyl (C=O) groups is 2. The molecule has 2 N–H and O–H groups in total. The van der Waals surface area contributed by atoms with Crippen molar-refractivity contribution in [2.24, 2.45) is 0 Å². The van der Waals surface area contributed by atoms with Gasteiger partial charge in [-0.05, 0) is 6.92 Å². The Morgan fingerprint density at radius 2 is 2.44 bits per heavy atom. The molecule has 1 amide bonds. The van der Waals surface area contributed by atoms with E-state index in [0.717, 1.165) is 0 Å². The van der Waals surface area contributed by atoms with Gasteiger partial charge in [0.25, 0.3) is 0 Å². The average Bonchev–Trinajstić information content (AvgIpc) is 1.82. The van der Waals surface area contributed by atoms with E-state index in [1.165, 1.54) is 6.92 Å². The summed E-state index contributed by atoms with van der Waals surface area (Å²) in [5, 5.41) is 10.9. The molecule has 9 heavy (non-hydrogen) atoms. The van der Waals surface area contributed by atoms with Crippen molar-refractivity contribution in [3.63, 3.8) is 0 Å². The van der Waals surface area contributed by atoms with Crippen molar-refractivity contribution in [1.29, 1.82) is 0 Å². The summed E-state index contributed by atoms with van der Waals surface area (Å²) < 4.78 is 0. The number of amides is 1. The van der Waals surface area contributed by atoms with Gasteiger partial charge in [-0.25, -0.2) is 0 Å². The van der Waals surface area contributed by atoms with E-state index < -0.39 is 6.10 Å². The fourth-order valence-corrected chi connectivity index (χ4v) is 0.303. The number of nitrogens with one attached hydrogen (secondary N) is 1. The van der Waals surface area contributed by atoms with E-state index in [9.17, 15) is 9.59 Å². The highest BCUT2D eigenvalue weighted by molar-refractivity contribution is 5.80. The van der Waals surface area contributed by atoms with E-state index in [-0.39, 0.29) is 12.3 Å². The second kappa shape index (κ2) is 4.03. The maximum absolute atomic E-state index is 10.2. The summed E-state index contributed by atoms with van der Waals surface area (Å²) in [6, 6.07) is 0. The highest BCUT2D eigenvalue weighted by Gasteiger charge is 2.06. The molecule has 52 valence electrons. The van der Waals surface area contributed by atoms with Crippen LogP contribution in [-0.4, -0.2) is 29.9 Å². The van der Waals surface area contributed by atoms with E-state index in [0.29, 0.717) is 6.41 Å². The van der Waals surface area contributed by atoms with Gasteiger partial charge < -0.3 is 10.4 Å². The number of rotatable bonds is 4. The molecule has 4 nitrogen and oxygen atoms in total. The SMILES string of the molecule is CC(=O)C(O)CNC=O. The smallest absolute Gasteiger partial charge is 0.207 e. The quantitative estimate of drug-likeness (QED) is 0.465. The topological polar surface area (TPSA) is 66.4 Å². The number of hydrogen-bond acceptors (Lipinski definition) is 3.